The normalized spacial score (nSPS) is 10.4. The van der Waals surface area contributed by atoms with Crippen molar-refractivity contribution in [3.05, 3.63) is 93.5 Å². The van der Waals surface area contributed by atoms with Gasteiger partial charge in [0, 0.05) is 19.7 Å². The standard InChI is InChI=1S/C25H26N2O7/c1-31-11-12-33-24-15-22(27(29)30)21(14-23(24)32-2)25(28)26-16-18-7-6-8-19(13-18)17-34-20-9-4-3-5-10-20/h3-10,13-15H,11-12,16-17H2,1-2H3,(H,26,28). The molecule has 178 valence electrons. The highest BCUT2D eigenvalue weighted by molar-refractivity contribution is 5.99. The quantitative estimate of drug-likeness (QED) is 0.243. The van der Waals surface area contributed by atoms with Gasteiger partial charge in [-0.1, -0.05) is 42.5 Å². The molecule has 0 saturated carbocycles. The summed E-state index contributed by atoms with van der Waals surface area (Å²) in [5.74, 6) is 0.539. The first-order valence-electron chi connectivity index (χ1n) is 10.5. The van der Waals surface area contributed by atoms with Gasteiger partial charge < -0.3 is 24.3 Å². The van der Waals surface area contributed by atoms with Gasteiger partial charge in [0.25, 0.3) is 11.6 Å². The van der Waals surface area contributed by atoms with Crippen LogP contribution in [0.15, 0.2) is 66.7 Å². The fourth-order valence-corrected chi connectivity index (χ4v) is 3.18. The van der Waals surface area contributed by atoms with Gasteiger partial charge in [0.1, 0.15) is 24.5 Å². The summed E-state index contributed by atoms with van der Waals surface area (Å²) in [6, 6.07) is 19.5. The molecule has 0 heterocycles. The predicted molar refractivity (Wildman–Crippen MR) is 125 cm³/mol. The number of methoxy groups -OCH3 is 2. The van der Waals surface area contributed by atoms with E-state index in [2.05, 4.69) is 5.32 Å². The zero-order chi connectivity index (χ0) is 24.3. The average Bonchev–Trinajstić information content (AvgIpc) is 2.86. The van der Waals surface area contributed by atoms with Gasteiger partial charge in [0.15, 0.2) is 11.5 Å². The first-order chi connectivity index (χ1) is 16.5. The third kappa shape index (κ3) is 6.69. The van der Waals surface area contributed by atoms with Crippen molar-refractivity contribution in [1.29, 1.82) is 0 Å². The summed E-state index contributed by atoms with van der Waals surface area (Å²) in [5.41, 5.74) is 1.26. The van der Waals surface area contributed by atoms with Crippen LogP contribution in [0.2, 0.25) is 0 Å². The second-order valence-corrected chi connectivity index (χ2v) is 7.22. The molecule has 3 rings (SSSR count). The molecule has 0 bridgehead atoms. The van der Waals surface area contributed by atoms with Crippen LogP contribution < -0.4 is 19.5 Å². The Kier molecular flexibility index (Phi) is 8.81. The number of para-hydroxylation sites is 1. The molecular formula is C25H26N2O7. The highest BCUT2D eigenvalue weighted by Crippen LogP contribution is 2.34. The molecule has 9 heteroatoms. The highest BCUT2D eigenvalue weighted by atomic mass is 16.6. The number of hydrogen-bond donors (Lipinski definition) is 1. The van der Waals surface area contributed by atoms with Crippen LogP contribution in [0.5, 0.6) is 17.2 Å². The van der Waals surface area contributed by atoms with Crippen LogP contribution in [-0.2, 0) is 17.9 Å². The number of carbonyl (C=O) groups is 1. The summed E-state index contributed by atoms with van der Waals surface area (Å²) in [6.45, 7) is 1.04. The Morgan fingerprint density at radius 2 is 1.68 bits per heavy atom. The Hall–Kier alpha value is -4.11. The van der Waals surface area contributed by atoms with Crippen LogP contribution in [0.25, 0.3) is 0 Å². The van der Waals surface area contributed by atoms with Crippen LogP contribution in [-0.4, -0.2) is 38.3 Å². The highest BCUT2D eigenvalue weighted by Gasteiger charge is 2.24. The van der Waals surface area contributed by atoms with Gasteiger partial charge in [-0.15, -0.1) is 0 Å². The molecule has 3 aromatic rings. The first-order valence-corrected chi connectivity index (χ1v) is 10.5. The molecule has 0 aliphatic rings. The lowest BCUT2D eigenvalue weighted by molar-refractivity contribution is -0.385. The monoisotopic (exact) mass is 466 g/mol. The van der Waals surface area contributed by atoms with Crippen molar-refractivity contribution in [3.8, 4) is 17.2 Å². The molecule has 1 N–H and O–H groups in total. The van der Waals surface area contributed by atoms with E-state index in [4.69, 9.17) is 18.9 Å². The van der Waals surface area contributed by atoms with Crippen LogP contribution >= 0.6 is 0 Å². The van der Waals surface area contributed by atoms with Crippen molar-refractivity contribution in [1.82, 2.24) is 5.32 Å². The van der Waals surface area contributed by atoms with E-state index in [1.54, 1.807) is 0 Å². The number of ether oxygens (including phenoxy) is 4. The van der Waals surface area contributed by atoms with Crippen molar-refractivity contribution >= 4 is 11.6 Å². The minimum absolute atomic E-state index is 0.121. The molecule has 0 saturated heterocycles. The molecule has 0 atom stereocenters. The summed E-state index contributed by atoms with van der Waals surface area (Å²) in [7, 11) is 2.91. The number of benzene rings is 3. The lowest BCUT2D eigenvalue weighted by Crippen LogP contribution is -2.24. The topological polar surface area (TPSA) is 109 Å². The lowest BCUT2D eigenvalue weighted by Gasteiger charge is -2.13. The zero-order valence-corrected chi connectivity index (χ0v) is 19.0. The third-order valence-corrected chi connectivity index (χ3v) is 4.86. The number of nitrogens with zero attached hydrogens (tertiary/aromatic N) is 1. The summed E-state index contributed by atoms with van der Waals surface area (Å²) in [5, 5.41) is 14.3. The molecular weight excluding hydrogens is 440 g/mol. The maximum atomic E-state index is 12.8. The Labute approximate surface area is 197 Å². The Morgan fingerprint density at radius 3 is 2.38 bits per heavy atom. The molecule has 3 aromatic carbocycles. The number of hydrogen-bond acceptors (Lipinski definition) is 7. The number of rotatable bonds is 12. The van der Waals surface area contributed by atoms with E-state index in [0.717, 1.165) is 16.9 Å². The summed E-state index contributed by atoms with van der Waals surface area (Å²) in [6.07, 6.45) is 0. The van der Waals surface area contributed by atoms with Gasteiger partial charge in [-0.3, -0.25) is 14.9 Å². The largest absolute Gasteiger partial charge is 0.493 e. The van der Waals surface area contributed by atoms with Gasteiger partial charge in [-0.25, -0.2) is 0 Å². The first kappa shape index (κ1) is 24.5. The van der Waals surface area contributed by atoms with Crippen LogP contribution in [0.4, 0.5) is 5.69 Å². The van der Waals surface area contributed by atoms with Crippen molar-refractivity contribution in [2.75, 3.05) is 27.4 Å². The number of nitro groups is 1. The Bertz CT molecular complexity index is 1120. The summed E-state index contributed by atoms with van der Waals surface area (Å²) < 4.78 is 21.4. The maximum Gasteiger partial charge on any atom is 0.286 e. The van der Waals surface area contributed by atoms with Gasteiger partial charge >= 0.3 is 0 Å². The Balaban J connectivity index is 1.69. The van der Waals surface area contributed by atoms with E-state index in [-0.39, 0.29) is 35.9 Å². The van der Waals surface area contributed by atoms with E-state index in [0.29, 0.717) is 13.2 Å². The second kappa shape index (κ2) is 12.2. The van der Waals surface area contributed by atoms with E-state index >= 15 is 0 Å². The average molecular weight is 466 g/mol. The number of nitrogens with one attached hydrogen (secondary N) is 1. The molecule has 0 unspecified atom stereocenters. The van der Waals surface area contributed by atoms with Gasteiger partial charge in [0.2, 0.25) is 0 Å². The summed E-state index contributed by atoms with van der Waals surface area (Å²) >= 11 is 0. The molecule has 0 aromatic heterocycles. The van der Waals surface area contributed by atoms with Crippen molar-refractivity contribution < 1.29 is 28.7 Å². The van der Waals surface area contributed by atoms with E-state index in [9.17, 15) is 14.9 Å². The van der Waals surface area contributed by atoms with Crippen molar-refractivity contribution in [3.63, 3.8) is 0 Å². The number of carbonyl (C=O) groups excluding carboxylic acids is 1. The smallest absolute Gasteiger partial charge is 0.286 e. The second-order valence-electron chi connectivity index (χ2n) is 7.22. The summed E-state index contributed by atoms with van der Waals surface area (Å²) in [4.78, 5) is 23.8. The lowest BCUT2D eigenvalue weighted by atomic mass is 10.1. The molecule has 0 fully saturated rings. The van der Waals surface area contributed by atoms with Crippen LogP contribution in [0.3, 0.4) is 0 Å². The molecule has 1 amide bonds. The third-order valence-electron chi connectivity index (χ3n) is 4.86. The molecule has 34 heavy (non-hydrogen) atoms. The molecule has 0 aliphatic carbocycles. The number of amides is 1. The fourth-order valence-electron chi connectivity index (χ4n) is 3.18. The van der Waals surface area contributed by atoms with Crippen molar-refractivity contribution in [2.24, 2.45) is 0 Å². The predicted octanol–water partition coefficient (Wildman–Crippen LogP) is 4.14. The minimum atomic E-state index is -0.626. The fraction of sp³-hybridized carbons (Fsp3) is 0.240. The van der Waals surface area contributed by atoms with E-state index < -0.39 is 10.8 Å². The van der Waals surface area contributed by atoms with Crippen molar-refractivity contribution in [2.45, 2.75) is 13.2 Å². The Morgan fingerprint density at radius 1 is 0.912 bits per heavy atom. The molecule has 0 radical (unpaired) electrons. The number of nitro benzene ring substituents is 1. The zero-order valence-electron chi connectivity index (χ0n) is 19.0. The SMILES string of the molecule is COCCOc1cc([N+](=O)[O-])c(C(=O)NCc2cccc(COc3ccccc3)c2)cc1OC. The molecule has 0 spiro atoms. The van der Waals surface area contributed by atoms with Crippen LogP contribution in [0.1, 0.15) is 21.5 Å². The van der Waals surface area contributed by atoms with Gasteiger partial charge in [-0.05, 0) is 23.3 Å². The maximum absolute atomic E-state index is 12.8. The van der Waals surface area contributed by atoms with Crippen LogP contribution in [0, 0.1) is 10.1 Å². The minimum Gasteiger partial charge on any atom is -0.493 e. The molecule has 9 nitrogen and oxygen atoms in total. The van der Waals surface area contributed by atoms with Gasteiger partial charge in [-0.2, -0.15) is 0 Å². The van der Waals surface area contributed by atoms with Gasteiger partial charge in [0.05, 0.1) is 24.7 Å². The van der Waals surface area contributed by atoms with E-state index in [1.807, 2.05) is 54.6 Å². The molecule has 0 aliphatic heterocycles. The van der Waals surface area contributed by atoms with E-state index in [1.165, 1.54) is 26.4 Å².